The third-order valence-electron chi connectivity index (χ3n) is 2.02. The van der Waals surface area contributed by atoms with Crippen molar-refractivity contribution in [3.8, 4) is 0 Å². The van der Waals surface area contributed by atoms with Crippen molar-refractivity contribution in [2.75, 3.05) is 4.72 Å². The van der Waals surface area contributed by atoms with Crippen molar-refractivity contribution in [3.63, 3.8) is 0 Å². The maximum Gasteiger partial charge on any atom is 0.272 e. The number of thiophene rings is 1. The second-order valence-electron chi connectivity index (χ2n) is 3.35. The van der Waals surface area contributed by atoms with E-state index >= 15 is 0 Å². The molecule has 2 aromatic heterocycles. The molecule has 0 radical (unpaired) electrons. The predicted molar refractivity (Wildman–Crippen MR) is 73.0 cm³/mol. The number of aliphatic hydroxyl groups is 1. The van der Waals surface area contributed by atoms with E-state index in [2.05, 4.69) is 25.6 Å². The zero-order valence-corrected chi connectivity index (χ0v) is 12.2. The Kier molecular flexibility index (Phi) is 4.00. The monoisotopic (exact) mass is 348 g/mol. The number of rotatable bonds is 4. The Labute approximate surface area is 117 Å². The van der Waals surface area contributed by atoms with E-state index < -0.39 is 10.0 Å². The number of pyridine rings is 1. The van der Waals surface area contributed by atoms with Crippen LogP contribution in [0.3, 0.4) is 0 Å². The highest BCUT2D eigenvalue weighted by Crippen LogP contribution is 2.23. The number of nitrogens with one attached hydrogen (secondary N) is 1. The Balaban J connectivity index is 2.24. The molecule has 2 rings (SSSR count). The molecule has 0 spiro atoms. The van der Waals surface area contributed by atoms with Gasteiger partial charge in [-0.1, -0.05) is 0 Å². The Morgan fingerprint density at radius 3 is 2.67 bits per heavy atom. The molecule has 96 valence electrons. The summed E-state index contributed by atoms with van der Waals surface area (Å²) in [4.78, 5) is 4.53. The smallest absolute Gasteiger partial charge is 0.272 e. The lowest BCUT2D eigenvalue weighted by Gasteiger charge is -2.04. The highest BCUT2D eigenvalue weighted by atomic mass is 79.9. The van der Waals surface area contributed by atoms with Gasteiger partial charge < -0.3 is 5.11 Å². The average Bonchev–Trinajstić information content (AvgIpc) is 2.81. The number of hydrogen-bond acceptors (Lipinski definition) is 5. The number of aliphatic hydroxyl groups excluding tert-OH is 1. The average molecular weight is 349 g/mol. The van der Waals surface area contributed by atoms with Crippen molar-refractivity contribution in [1.82, 2.24) is 4.98 Å². The minimum Gasteiger partial charge on any atom is -0.391 e. The maximum atomic E-state index is 12.0. The lowest BCUT2D eigenvalue weighted by atomic mass is 10.5. The summed E-state index contributed by atoms with van der Waals surface area (Å²) in [7, 11) is -3.64. The highest BCUT2D eigenvalue weighted by molar-refractivity contribution is 9.10. The number of aromatic nitrogens is 1. The molecule has 18 heavy (non-hydrogen) atoms. The van der Waals surface area contributed by atoms with Crippen molar-refractivity contribution in [2.45, 2.75) is 10.8 Å². The molecule has 0 saturated heterocycles. The Morgan fingerprint density at radius 1 is 1.33 bits per heavy atom. The number of anilines is 1. The quantitative estimate of drug-likeness (QED) is 0.887. The molecule has 0 fully saturated rings. The Hall–Kier alpha value is -0.960. The van der Waals surface area contributed by atoms with Gasteiger partial charge >= 0.3 is 0 Å². The van der Waals surface area contributed by atoms with E-state index in [0.717, 1.165) is 15.8 Å². The second-order valence-corrected chi connectivity index (χ2v) is 7.34. The van der Waals surface area contributed by atoms with Gasteiger partial charge in [-0.05, 0) is 40.2 Å². The van der Waals surface area contributed by atoms with Crippen molar-refractivity contribution in [1.29, 1.82) is 0 Å². The summed E-state index contributed by atoms with van der Waals surface area (Å²) in [5, 5.41) is 8.91. The van der Waals surface area contributed by atoms with E-state index in [1.165, 1.54) is 12.3 Å². The molecule has 0 aromatic carbocycles. The summed E-state index contributed by atoms with van der Waals surface area (Å²) in [6.07, 6.45) is 1.51. The molecule has 0 aliphatic carbocycles. The van der Waals surface area contributed by atoms with E-state index in [9.17, 15) is 8.42 Å². The van der Waals surface area contributed by atoms with Crippen LogP contribution in [0.5, 0.6) is 0 Å². The normalized spacial score (nSPS) is 11.4. The molecule has 8 heteroatoms. The van der Waals surface area contributed by atoms with Gasteiger partial charge in [0.2, 0.25) is 0 Å². The SMILES string of the molecule is O=S(=O)(Nc1ccc(Br)cn1)c1ccc(CO)s1. The molecule has 0 amide bonds. The first kappa shape index (κ1) is 13.5. The molecule has 0 saturated carbocycles. The fourth-order valence-electron chi connectivity index (χ4n) is 1.21. The van der Waals surface area contributed by atoms with Crippen LogP contribution in [0.1, 0.15) is 4.88 Å². The van der Waals surface area contributed by atoms with Gasteiger partial charge in [-0.3, -0.25) is 4.72 Å². The molecule has 0 aliphatic rings. The van der Waals surface area contributed by atoms with Crippen LogP contribution >= 0.6 is 27.3 Å². The zero-order chi connectivity index (χ0) is 13.2. The minimum absolute atomic E-state index is 0.149. The molecular weight excluding hydrogens is 340 g/mol. The van der Waals surface area contributed by atoms with E-state index in [0.29, 0.717) is 4.88 Å². The number of nitrogens with zero attached hydrogens (tertiary/aromatic N) is 1. The van der Waals surface area contributed by atoms with Crippen LogP contribution in [0.25, 0.3) is 0 Å². The Morgan fingerprint density at radius 2 is 2.11 bits per heavy atom. The topological polar surface area (TPSA) is 79.3 Å². The first-order valence-corrected chi connectivity index (χ1v) is 7.94. The van der Waals surface area contributed by atoms with Crippen LogP contribution in [0, 0.1) is 0 Å². The lowest BCUT2D eigenvalue weighted by Crippen LogP contribution is -2.12. The van der Waals surface area contributed by atoms with Crippen molar-refractivity contribution >= 4 is 43.1 Å². The predicted octanol–water partition coefficient (Wildman–Crippen LogP) is 2.20. The molecule has 2 N–H and O–H groups in total. The number of sulfonamides is 1. The van der Waals surface area contributed by atoms with E-state index in [1.807, 2.05) is 0 Å². The number of hydrogen-bond donors (Lipinski definition) is 2. The minimum atomic E-state index is -3.64. The summed E-state index contributed by atoms with van der Waals surface area (Å²) >= 11 is 4.24. The van der Waals surface area contributed by atoms with Gasteiger partial charge in [0, 0.05) is 15.5 Å². The molecule has 2 aromatic rings. The van der Waals surface area contributed by atoms with Crippen LogP contribution < -0.4 is 4.72 Å². The van der Waals surface area contributed by atoms with Crippen LogP contribution in [0.4, 0.5) is 5.82 Å². The van der Waals surface area contributed by atoms with Crippen molar-refractivity contribution in [2.24, 2.45) is 0 Å². The molecule has 0 unspecified atom stereocenters. The van der Waals surface area contributed by atoms with E-state index in [1.54, 1.807) is 18.2 Å². The van der Waals surface area contributed by atoms with Gasteiger partial charge in [-0.25, -0.2) is 13.4 Å². The van der Waals surface area contributed by atoms with Crippen LogP contribution in [0.2, 0.25) is 0 Å². The molecule has 0 atom stereocenters. The highest BCUT2D eigenvalue weighted by Gasteiger charge is 2.17. The second kappa shape index (κ2) is 5.35. The van der Waals surface area contributed by atoms with Gasteiger partial charge in [-0.15, -0.1) is 11.3 Å². The summed E-state index contributed by atoms with van der Waals surface area (Å²) in [6, 6.07) is 6.28. The third kappa shape index (κ3) is 3.08. The van der Waals surface area contributed by atoms with E-state index in [4.69, 9.17) is 5.11 Å². The fourth-order valence-corrected chi connectivity index (χ4v) is 3.67. The molecular formula is C10H9BrN2O3S2. The fraction of sp³-hybridized carbons (Fsp3) is 0.100. The molecule has 0 bridgehead atoms. The van der Waals surface area contributed by atoms with Gasteiger partial charge in [-0.2, -0.15) is 0 Å². The standard InChI is InChI=1S/C10H9BrN2O3S2/c11-7-1-3-9(12-5-7)13-18(15,16)10-4-2-8(6-14)17-10/h1-5,14H,6H2,(H,12,13). The first-order chi connectivity index (χ1) is 8.51. The molecule has 2 heterocycles. The lowest BCUT2D eigenvalue weighted by molar-refractivity contribution is 0.285. The summed E-state index contributed by atoms with van der Waals surface area (Å²) in [5.41, 5.74) is 0. The van der Waals surface area contributed by atoms with Gasteiger partial charge in [0.05, 0.1) is 6.61 Å². The Bertz CT molecular complexity index is 637. The van der Waals surface area contributed by atoms with Crippen LogP contribution in [-0.2, 0) is 16.6 Å². The molecule has 0 aliphatic heterocycles. The first-order valence-electron chi connectivity index (χ1n) is 4.85. The van der Waals surface area contributed by atoms with Gasteiger partial charge in [0.15, 0.2) is 0 Å². The summed E-state index contributed by atoms with van der Waals surface area (Å²) < 4.78 is 27.2. The van der Waals surface area contributed by atoms with Crippen molar-refractivity contribution in [3.05, 3.63) is 39.8 Å². The van der Waals surface area contributed by atoms with Crippen LogP contribution in [-0.4, -0.2) is 18.5 Å². The largest absolute Gasteiger partial charge is 0.391 e. The van der Waals surface area contributed by atoms with Crippen molar-refractivity contribution < 1.29 is 13.5 Å². The number of halogens is 1. The summed E-state index contributed by atoms with van der Waals surface area (Å²) in [5.74, 6) is 0.247. The van der Waals surface area contributed by atoms with Crippen LogP contribution in [0.15, 0.2) is 39.1 Å². The third-order valence-corrected chi connectivity index (χ3v) is 5.41. The summed E-state index contributed by atoms with van der Waals surface area (Å²) in [6.45, 7) is -0.170. The van der Waals surface area contributed by atoms with E-state index in [-0.39, 0.29) is 16.6 Å². The molecule has 5 nitrogen and oxygen atoms in total. The van der Waals surface area contributed by atoms with Gasteiger partial charge in [0.25, 0.3) is 10.0 Å². The zero-order valence-electron chi connectivity index (χ0n) is 9.00. The van der Waals surface area contributed by atoms with Gasteiger partial charge in [0.1, 0.15) is 10.0 Å². The maximum absolute atomic E-state index is 12.0.